The maximum Gasteiger partial charge on any atom is 0.471 e. The van der Waals surface area contributed by atoms with E-state index in [9.17, 15) is 22.8 Å². The minimum atomic E-state index is -4.93. The van der Waals surface area contributed by atoms with E-state index in [1.165, 1.54) is 6.07 Å². The maximum absolute atomic E-state index is 12.4. The Morgan fingerprint density at radius 2 is 1.61 bits per heavy atom. The molecule has 2 amide bonds. The van der Waals surface area contributed by atoms with E-state index in [2.05, 4.69) is 5.32 Å². The maximum atomic E-state index is 12.4. The molecule has 1 heterocycles. The molecule has 0 bridgehead atoms. The summed E-state index contributed by atoms with van der Waals surface area (Å²) in [6.07, 6.45) is -1.16. The Bertz CT molecular complexity index is 965. The van der Waals surface area contributed by atoms with E-state index in [1.54, 1.807) is 47.8 Å². The molecule has 2 N–H and O–H groups in total. The number of hydrogen-bond donors (Lipinski definition) is 2. The van der Waals surface area contributed by atoms with Crippen LogP contribution in [-0.2, 0) is 11.3 Å². The number of rotatable bonds is 5. The van der Waals surface area contributed by atoms with Crippen LogP contribution in [0.3, 0.4) is 0 Å². The van der Waals surface area contributed by atoms with E-state index < -0.39 is 12.1 Å². The van der Waals surface area contributed by atoms with Gasteiger partial charge < -0.3 is 15.2 Å². The molecule has 5 nitrogen and oxygen atoms in total. The predicted molar refractivity (Wildman–Crippen MR) is 98.1 cm³/mol. The Balaban J connectivity index is 1.63. The topological polar surface area (TPSA) is 63.1 Å². The number of anilines is 1. The SMILES string of the molecule is O=C(Nc1cccc(CNC(=O)C(F)(F)F)c1)c1ccc(-n2cccc2)cc1. The number of aromatic nitrogens is 1. The molecule has 3 aromatic rings. The monoisotopic (exact) mass is 387 g/mol. The van der Waals surface area contributed by atoms with Crippen molar-refractivity contribution >= 4 is 17.5 Å². The molecular formula is C20H16F3N3O2. The summed E-state index contributed by atoms with van der Waals surface area (Å²) in [6, 6.07) is 17.0. The third-order valence-corrected chi connectivity index (χ3v) is 3.93. The van der Waals surface area contributed by atoms with Crippen molar-refractivity contribution in [3.8, 4) is 5.69 Å². The number of amides is 2. The molecular weight excluding hydrogens is 371 g/mol. The lowest BCUT2D eigenvalue weighted by Gasteiger charge is -2.10. The third kappa shape index (κ3) is 4.79. The van der Waals surface area contributed by atoms with Crippen molar-refractivity contribution in [3.05, 3.63) is 84.2 Å². The Hall–Kier alpha value is -3.55. The van der Waals surface area contributed by atoms with Gasteiger partial charge in [-0.15, -0.1) is 0 Å². The smallest absolute Gasteiger partial charge is 0.344 e. The van der Waals surface area contributed by atoms with Crippen LogP contribution in [0.5, 0.6) is 0 Å². The first-order valence-electron chi connectivity index (χ1n) is 8.32. The molecule has 28 heavy (non-hydrogen) atoms. The first-order valence-corrected chi connectivity index (χ1v) is 8.32. The molecule has 0 fully saturated rings. The van der Waals surface area contributed by atoms with E-state index in [0.29, 0.717) is 16.8 Å². The number of alkyl halides is 3. The molecule has 144 valence electrons. The fraction of sp³-hybridized carbons (Fsp3) is 0.100. The number of benzene rings is 2. The van der Waals surface area contributed by atoms with Gasteiger partial charge in [0, 0.05) is 35.9 Å². The van der Waals surface area contributed by atoms with Crippen molar-refractivity contribution in [2.24, 2.45) is 0 Å². The second-order valence-electron chi connectivity index (χ2n) is 5.97. The fourth-order valence-corrected chi connectivity index (χ4v) is 2.54. The molecule has 3 rings (SSSR count). The molecule has 0 aliphatic rings. The second kappa shape index (κ2) is 7.99. The summed E-state index contributed by atoms with van der Waals surface area (Å²) >= 11 is 0. The average molecular weight is 387 g/mol. The summed E-state index contributed by atoms with van der Waals surface area (Å²) in [7, 11) is 0. The summed E-state index contributed by atoms with van der Waals surface area (Å²) < 4.78 is 38.6. The van der Waals surface area contributed by atoms with Crippen LogP contribution < -0.4 is 10.6 Å². The van der Waals surface area contributed by atoms with Gasteiger partial charge >= 0.3 is 12.1 Å². The number of carbonyl (C=O) groups is 2. The van der Waals surface area contributed by atoms with Crippen LogP contribution in [0, 0.1) is 0 Å². The highest BCUT2D eigenvalue weighted by molar-refractivity contribution is 6.04. The highest BCUT2D eigenvalue weighted by Gasteiger charge is 2.38. The lowest BCUT2D eigenvalue weighted by Crippen LogP contribution is -2.36. The van der Waals surface area contributed by atoms with Gasteiger partial charge in [0.15, 0.2) is 0 Å². The van der Waals surface area contributed by atoms with Crippen molar-refractivity contribution in [3.63, 3.8) is 0 Å². The Kier molecular flexibility index (Phi) is 5.49. The minimum Gasteiger partial charge on any atom is -0.344 e. The molecule has 0 saturated carbocycles. The lowest BCUT2D eigenvalue weighted by molar-refractivity contribution is -0.173. The van der Waals surface area contributed by atoms with Crippen molar-refractivity contribution in [1.82, 2.24) is 9.88 Å². The van der Waals surface area contributed by atoms with Gasteiger partial charge in [-0.1, -0.05) is 12.1 Å². The van der Waals surface area contributed by atoms with Crippen LogP contribution in [0.15, 0.2) is 73.1 Å². The lowest BCUT2D eigenvalue weighted by atomic mass is 10.1. The summed E-state index contributed by atoms with van der Waals surface area (Å²) in [5.41, 5.74) is 2.19. The van der Waals surface area contributed by atoms with E-state index in [1.807, 2.05) is 29.1 Å². The summed E-state index contributed by atoms with van der Waals surface area (Å²) in [6.45, 7) is -0.298. The van der Waals surface area contributed by atoms with Crippen molar-refractivity contribution in [1.29, 1.82) is 0 Å². The summed E-state index contributed by atoms with van der Waals surface area (Å²) in [5, 5.41) is 4.48. The molecule has 0 aliphatic heterocycles. The zero-order valence-corrected chi connectivity index (χ0v) is 14.5. The van der Waals surface area contributed by atoms with E-state index in [0.717, 1.165) is 5.69 Å². The largest absolute Gasteiger partial charge is 0.471 e. The van der Waals surface area contributed by atoms with Gasteiger partial charge in [-0.05, 0) is 54.1 Å². The Morgan fingerprint density at radius 3 is 2.25 bits per heavy atom. The van der Waals surface area contributed by atoms with Gasteiger partial charge in [-0.25, -0.2) is 0 Å². The zero-order valence-electron chi connectivity index (χ0n) is 14.5. The standard InChI is InChI=1S/C20H16F3N3O2/c21-20(22,23)19(28)24-13-14-4-3-5-16(12-14)25-18(27)15-6-8-17(9-7-15)26-10-1-2-11-26/h1-12H,13H2,(H,24,28)(H,25,27). The molecule has 0 spiro atoms. The Morgan fingerprint density at radius 1 is 0.929 bits per heavy atom. The predicted octanol–water partition coefficient (Wildman–Crippen LogP) is 3.91. The van der Waals surface area contributed by atoms with Crippen molar-refractivity contribution in [2.75, 3.05) is 5.32 Å². The highest BCUT2D eigenvalue weighted by Crippen LogP contribution is 2.16. The van der Waals surface area contributed by atoms with Crippen LogP contribution >= 0.6 is 0 Å². The van der Waals surface area contributed by atoms with Gasteiger partial charge in [0.05, 0.1) is 0 Å². The number of hydrogen-bond acceptors (Lipinski definition) is 2. The summed E-state index contributed by atoms with van der Waals surface area (Å²) in [5.74, 6) is -2.36. The highest BCUT2D eigenvalue weighted by atomic mass is 19.4. The number of nitrogens with one attached hydrogen (secondary N) is 2. The molecule has 0 unspecified atom stereocenters. The van der Waals surface area contributed by atoms with Gasteiger partial charge in [-0.2, -0.15) is 13.2 Å². The molecule has 0 atom stereocenters. The van der Waals surface area contributed by atoms with Crippen LogP contribution in [0.2, 0.25) is 0 Å². The van der Waals surface area contributed by atoms with Gasteiger partial charge in [0.25, 0.3) is 5.91 Å². The second-order valence-corrected chi connectivity index (χ2v) is 5.97. The fourth-order valence-electron chi connectivity index (χ4n) is 2.54. The van der Waals surface area contributed by atoms with Crippen molar-refractivity contribution < 1.29 is 22.8 Å². The van der Waals surface area contributed by atoms with Crippen molar-refractivity contribution in [2.45, 2.75) is 12.7 Å². The first kappa shape index (κ1) is 19.2. The quantitative estimate of drug-likeness (QED) is 0.697. The zero-order chi connectivity index (χ0) is 20.1. The van der Waals surface area contributed by atoms with Crippen LogP contribution in [-0.4, -0.2) is 22.6 Å². The molecule has 0 saturated heterocycles. The molecule has 0 radical (unpaired) electrons. The van der Waals surface area contributed by atoms with E-state index >= 15 is 0 Å². The van der Waals surface area contributed by atoms with Crippen LogP contribution in [0.4, 0.5) is 18.9 Å². The number of nitrogens with zero attached hydrogens (tertiary/aromatic N) is 1. The summed E-state index contributed by atoms with van der Waals surface area (Å²) in [4.78, 5) is 23.3. The molecule has 1 aromatic heterocycles. The molecule has 8 heteroatoms. The van der Waals surface area contributed by atoms with Gasteiger partial charge in [0.2, 0.25) is 0 Å². The average Bonchev–Trinajstić information content (AvgIpc) is 3.20. The minimum absolute atomic E-state index is 0.298. The van der Waals surface area contributed by atoms with Crippen LogP contribution in [0.1, 0.15) is 15.9 Å². The molecule has 0 aliphatic carbocycles. The van der Waals surface area contributed by atoms with Crippen LogP contribution in [0.25, 0.3) is 5.69 Å². The number of halogens is 3. The third-order valence-electron chi connectivity index (χ3n) is 3.93. The van der Waals surface area contributed by atoms with Gasteiger partial charge in [-0.3, -0.25) is 9.59 Å². The number of carbonyl (C=O) groups excluding carboxylic acids is 2. The molecule has 2 aromatic carbocycles. The van der Waals surface area contributed by atoms with E-state index in [-0.39, 0.29) is 12.5 Å². The van der Waals surface area contributed by atoms with Gasteiger partial charge in [0.1, 0.15) is 0 Å². The Labute approximate surface area is 158 Å². The first-order chi connectivity index (χ1) is 13.3. The normalized spacial score (nSPS) is 11.1. The van der Waals surface area contributed by atoms with E-state index in [4.69, 9.17) is 0 Å².